The van der Waals surface area contributed by atoms with Gasteiger partial charge in [0, 0.05) is 31.2 Å². The predicted octanol–water partition coefficient (Wildman–Crippen LogP) is 3.38. The van der Waals surface area contributed by atoms with Crippen molar-refractivity contribution in [2.45, 2.75) is 33.1 Å². The van der Waals surface area contributed by atoms with Crippen molar-refractivity contribution in [1.29, 1.82) is 0 Å². The molecular formula is C22H24N4O2. The van der Waals surface area contributed by atoms with Crippen molar-refractivity contribution in [3.05, 3.63) is 65.4 Å². The highest BCUT2D eigenvalue weighted by molar-refractivity contribution is 5.79. The summed E-state index contributed by atoms with van der Waals surface area (Å²) in [6.07, 6.45) is 5.78. The number of likely N-dealkylation sites (tertiary alicyclic amines) is 1. The number of rotatable bonds is 5. The third kappa shape index (κ3) is 3.96. The van der Waals surface area contributed by atoms with Gasteiger partial charge >= 0.3 is 0 Å². The van der Waals surface area contributed by atoms with Gasteiger partial charge < -0.3 is 9.42 Å². The van der Waals surface area contributed by atoms with E-state index in [2.05, 4.69) is 16.2 Å². The largest absolute Gasteiger partial charge is 0.361 e. The van der Waals surface area contributed by atoms with E-state index in [9.17, 15) is 4.79 Å². The maximum Gasteiger partial charge on any atom is 0.227 e. The Morgan fingerprint density at radius 1 is 1.25 bits per heavy atom. The highest BCUT2D eigenvalue weighted by Gasteiger charge is 2.26. The Kier molecular flexibility index (Phi) is 5.19. The minimum Gasteiger partial charge on any atom is -0.361 e. The average Bonchev–Trinajstić information content (AvgIpc) is 3.29. The van der Waals surface area contributed by atoms with Crippen LogP contribution in [0.1, 0.15) is 29.1 Å². The van der Waals surface area contributed by atoms with Crippen molar-refractivity contribution in [3.8, 4) is 11.3 Å². The molecule has 144 valence electrons. The maximum atomic E-state index is 12.6. The average molecular weight is 376 g/mol. The molecule has 3 aromatic heterocycles. The van der Waals surface area contributed by atoms with Crippen LogP contribution in [0.5, 0.6) is 0 Å². The second-order valence-electron chi connectivity index (χ2n) is 7.45. The van der Waals surface area contributed by atoms with Crippen LogP contribution in [0, 0.1) is 19.8 Å². The molecule has 0 aliphatic carbocycles. The van der Waals surface area contributed by atoms with E-state index in [1.165, 1.54) is 0 Å². The SMILES string of the molecule is Cc1noc(C)c1-c1cccc(CC2CCN(C(=O)Cc3cccnc3)C2)n1. The van der Waals surface area contributed by atoms with Gasteiger partial charge in [-0.3, -0.25) is 14.8 Å². The molecule has 1 aliphatic rings. The fourth-order valence-electron chi connectivity index (χ4n) is 3.89. The molecule has 6 nitrogen and oxygen atoms in total. The lowest BCUT2D eigenvalue weighted by Gasteiger charge is -2.16. The molecule has 1 atom stereocenters. The van der Waals surface area contributed by atoms with Gasteiger partial charge in [0.25, 0.3) is 0 Å². The van der Waals surface area contributed by atoms with Gasteiger partial charge in [-0.1, -0.05) is 17.3 Å². The zero-order chi connectivity index (χ0) is 19.5. The third-order valence-corrected chi connectivity index (χ3v) is 5.31. The van der Waals surface area contributed by atoms with Crippen LogP contribution in [0.2, 0.25) is 0 Å². The van der Waals surface area contributed by atoms with E-state index in [0.717, 1.165) is 59.9 Å². The van der Waals surface area contributed by atoms with Gasteiger partial charge in [-0.25, -0.2) is 0 Å². The minimum absolute atomic E-state index is 0.174. The number of hydrogen-bond acceptors (Lipinski definition) is 5. The smallest absolute Gasteiger partial charge is 0.227 e. The van der Waals surface area contributed by atoms with Gasteiger partial charge in [0.15, 0.2) is 0 Å². The van der Waals surface area contributed by atoms with E-state index in [-0.39, 0.29) is 5.91 Å². The molecule has 4 heterocycles. The van der Waals surface area contributed by atoms with Crippen LogP contribution in [-0.4, -0.2) is 39.0 Å². The number of carbonyl (C=O) groups is 1. The van der Waals surface area contributed by atoms with Crippen molar-refractivity contribution in [2.75, 3.05) is 13.1 Å². The normalized spacial score (nSPS) is 16.5. The lowest BCUT2D eigenvalue weighted by atomic mass is 10.0. The number of pyridine rings is 2. The highest BCUT2D eigenvalue weighted by atomic mass is 16.5. The second-order valence-corrected chi connectivity index (χ2v) is 7.45. The summed E-state index contributed by atoms with van der Waals surface area (Å²) in [7, 11) is 0. The van der Waals surface area contributed by atoms with Crippen LogP contribution in [-0.2, 0) is 17.6 Å². The van der Waals surface area contributed by atoms with Crippen molar-refractivity contribution in [2.24, 2.45) is 5.92 Å². The summed E-state index contributed by atoms with van der Waals surface area (Å²) in [4.78, 5) is 23.4. The zero-order valence-corrected chi connectivity index (χ0v) is 16.3. The molecule has 28 heavy (non-hydrogen) atoms. The summed E-state index contributed by atoms with van der Waals surface area (Å²) < 4.78 is 5.27. The summed E-state index contributed by atoms with van der Waals surface area (Å²) in [6, 6.07) is 9.90. The minimum atomic E-state index is 0.174. The summed E-state index contributed by atoms with van der Waals surface area (Å²) in [5.74, 6) is 1.40. The summed E-state index contributed by atoms with van der Waals surface area (Å²) >= 11 is 0. The van der Waals surface area contributed by atoms with Crippen LogP contribution < -0.4 is 0 Å². The molecule has 1 saturated heterocycles. The van der Waals surface area contributed by atoms with Crippen LogP contribution in [0.4, 0.5) is 0 Å². The molecule has 1 aliphatic heterocycles. The van der Waals surface area contributed by atoms with Crippen LogP contribution >= 0.6 is 0 Å². The molecule has 1 fully saturated rings. The van der Waals surface area contributed by atoms with Crippen molar-refractivity contribution in [3.63, 3.8) is 0 Å². The quantitative estimate of drug-likeness (QED) is 0.683. The van der Waals surface area contributed by atoms with Gasteiger partial charge in [0.1, 0.15) is 5.76 Å². The number of carbonyl (C=O) groups excluding carboxylic acids is 1. The third-order valence-electron chi connectivity index (χ3n) is 5.31. The topological polar surface area (TPSA) is 72.1 Å². The number of aryl methyl sites for hydroxylation is 2. The Morgan fingerprint density at radius 2 is 2.14 bits per heavy atom. The van der Waals surface area contributed by atoms with E-state index in [4.69, 9.17) is 9.51 Å². The first-order chi connectivity index (χ1) is 13.6. The first-order valence-corrected chi connectivity index (χ1v) is 9.66. The number of amides is 1. The van der Waals surface area contributed by atoms with Gasteiger partial charge in [-0.15, -0.1) is 0 Å². The molecule has 0 aromatic carbocycles. The monoisotopic (exact) mass is 376 g/mol. The summed E-state index contributed by atoms with van der Waals surface area (Å²) in [6.45, 7) is 5.44. The fourth-order valence-corrected chi connectivity index (χ4v) is 3.89. The van der Waals surface area contributed by atoms with Crippen LogP contribution in [0.3, 0.4) is 0 Å². The number of aromatic nitrogens is 3. The standard InChI is InChI=1S/C22H24N4O2/c1-15-22(16(2)28-25-15)20-7-3-6-19(24-20)11-18-8-10-26(14-18)21(27)12-17-5-4-9-23-13-17/h3-7,9,13,18H,8,10-12,14H2,1-2H3. The molecule has 0 bridgehead atoms. The zero-order valence-electron chi connectivity index (χ0n) is 16.3. The van der Waals surface area contributed by atoms with Gasteiger partial charge in [-0.2, -0.15) is 0 Å². The van der Waals surface area contributed by atoms with E-state index in [1.54, 1.807) is 12.4 Å². The Labute approximate surface area is 164 Å². The fraction of sp³-hybridized carbons (Fsp3) is 0.364. The lowest BCUT2D eigenvalue weighted by Crippen LogP contribution is -2.30. The Balaban J connectivity index is 1.39. The Bertz CT molecular complexity index is 948. The first kappa shape index (κ1) is 18.3. The summed E-state index contributed by atoms with van der Waals surface area (Å²) in [5.41, 5.74) is 4.74. The number of hydrogen-bond donors (Lipinski definition) is 0. The molecule has 4 rings (SSSR count). The van der Waals surface area contributed by atoms with E-state index >= 15 is 0 Å². The molecule has 0 saturated carbocycles. The van der Waals surface area contributed by atoms with Gasteiger partial charge in [-0.05, 0) is 56.4 Å². The number of nitrogens with zero attached hydrogens (tertiary/aromatic N) is 4. The van der Waals surface area contributed by atoms with Crippen molar-refractivity contribution in [1.82, 2.24) is 20.0 Å². The van der Waals surface area contributed by atoms with Crippen molar-refractivity contribution >= 4 is 5.91 Å². The van der Waals surface area contributed by atoms with Gasteiger partial charge in [0.2, 0.25) is 5.91 Å². The lowest BCUT2D eigenvalue weighted by molar-refractivity contribution is -0.129. The molecule has 1 amide bonds. The molecule has 3 aromatic rings. The Morgan fingerprint density at radius 3 is 2.89 bits per heavy atom. The highest BCUT2D eigenvalue weighted by Crippen LogP contribution is 2.27. The molecule has 6 heteroatoms. The summed E-state index contributed by atoms with van der Waals surface area (Å²) in [5, 5.41) is 4.03. The van der Waals surface area contributed by atoms with E-state index < -0.39 is 0 Å². The Hall–Kier alpha value is -3.02. The predicted molar refractivity (Wildman–Crippen MR) is 106 cm³/mol. The van der Waals surface area contributed by atoms with E-state index in [1.807, 2.05) is 43.0 Å². The second kappa shape index (κ2) is 7.92. The van der Waals surface area contributed by atoms with Crippen LogP contribution in [0.25, 0.3) is 11.3 Å². The molecule has 0 N–H and O–H groups in total. The van der Waals surface area contributed by atoms with Gasteiger partial charge in [0.05, 0.1) is 23.4 Å². The molecule has 0 spiro atoms. The first-order valence-electron chi connectivity index (χ1n) is 9.66. The van der Waals surface area contributed by atoms with Crippen molar-refractivity contribution < 1.29 is 9.32 Å². The molecule has 1 unspecified atom stereocenters. The molecule has 0 radical (unpaired) electrons. The maximum absolute atomic E-state index is 12.6. The van der Waals surface area contributed by atoms with E-state index in [0.29, 0.717) is 12.3 Å². The molecular weight excluding hydrogens is 352 g/mol. The van der Waals surface area contributed by atoms with Crippen LogP contribution in [0.15, 0.2) is 47.2 Å².